The van der Waals surface area contributed by atoms with Crippen molar-refractivity contribution in [2.75, 3.05) is 10.7 Å². The fourth-order valence-corrected chi connectivity index (χ4v) is 3.10. The lowest BCUT2D eigenvalue weighted by Gasteiger charge is -2.08. The number of aromatic nitrogens is 1. The Labute approximate surface area is 97.2 Å². The molecule has 8 heteroatoms. The van der Waals surface area contributed by atoms with Gasteiger partial charge in [-0.1, -0.05) is 46.3 Å². The second-order valence-electron chi connectivity index (χ2n) is 2.35. The number of anilines is 1. The third kappa shape index (κ3) is 1.63. The third-order valence-electron chi connectivity index (χ3n) is 1.50. The summed E-state index contributed by atoms with van der Waals surface area (Å²) in [6, 6.07) is 0. The predicted octanol–water partition coefficient (Wildman–Crippen LogP) is 2.65. The third-order valence-corrected chi connectivity index (χ3v) is 3.84. The first-order chi connectivity index (χ1) is 6.59. The molecule has 0 aromatic carbocycles. The van der Waals surface area contributed by atoms with E-state index in [9.17, 15) is 9.59 Å². The summed E-state index contributed by atoms with van der Waals surface area (Å²) in [6.45, 7) is 0. The zero-order valence-corrected chi connectivity index (χ0v) is 9.64. The molecular formula is C6H2Cl2N2O2S2. The van der Waals surface area contributed by atoms with E-state index in [1.807, 2.05) is 0 Å². The summed E-state index contributed by atoms with van der Waals surface area (Å²) in [4.78, 5) is 27.3. The first-order valence-electron chi connectivity index (χ1n) is 3.41. The number of rotatable bonds is 1. The van der Waals surface area contributed by atoms with Crippen LogP contribution < -0.4 is 4.90 Å². The van der Waals surface area contributed by atoms with Crippen molar-refractivity contribution < 1.29 is 9.59 Å². The first kappa shape index (κ1) is 10.2. The molecule has 1 aromatic heterocycles. The van der Waals surface area contributed by atoms with Crippen LogP contribution in [0.15, 0.2) is 0 Å². The summed E-state index contributed by atoms with van der Waals surface area (Å²) in [5.74, 6) is -0.146. The number of amides is 2. The minimum absolute atomic E-state index is 0.0872. The van der Waals surface area contributed by atoms with Gasteiger partial charge in [0.15, 0.2) is 9.62 Å². The van der Waals surface area contributed by atoms with Crippen molar-refractivity contribution >= 4 is 62.4 Å². The summed E-state index contributed by atoms with van der Waals surface area (Å²) < 4.78 is 0.211. The molecule has 0 bridgehead atoms. The van der Waals surface area contributed by atoms with E-state index in [4.69, 9.17) is 23.2 Å². The normalized spacial score (nSPS) is 16.9. The molecule has 2 heterocycles. The number of hydrogen-bond donors (Lipinski definition) is 0. The van der Waals surface area contributed by atoms with E-state index in [0.717, 1.165) is 28.0 Å². The van der Waals surface area contributed by atoms with Crippen molar-refractivity contribution in [3.05, 3.63) is 9.62 Å². The SMILES string of the molecule is O=C1CSC(=O)N1c1sc(Cl)nc1Cl. The van der Waals surface area contributed by atoms with E-state index >= 15 is 0 Å². The predicted molar refractivity (Wildman–Crippen MR) is 57.5 cm³/mol. The molecule has 0 radical (unpaired) electrons. The van der Waals surface area contributed by atoms with Gasteiger partial charge in [0.1, 0.15) is 5.00 Å². The fraction of sp³-hybridized carbons (Fsp3) is 0.167. The Morgan fingerprint density at radius 3 is 2.50 bits per heavy atom. The molecule has 0 aliphatic carbocycles. The monoisotopic (exact) mass is 268 g/mol. The van der Waals surface area contributed by atoms with E-state index in [2.05, 4.69) is 4.98 Å². The number of hydrogen-bond acceptors (Lipinski definition) is 5. The number of carbonyl (C=O) groups excluding carboxylic acids is 2. The number of thioether (sulfide) groups is 1. The maximum atomic E-state index is 11.3. The summed E-state index contributed by atoms with van der Waals surface area (Å²) in [6.07, 6.45) is 0. The Kier molecular flexibility index (Phi) is 2.70. The first-order valence-corrected chi connectivity index (χ1v) is 5.97. The van der Waals surface area contributed by atoms with Crippen LogP contribution >= 0.6 is 46.3 Å². The molecule has 14 heavy (non-hydrogen) atoms. The van der Waals surface area contributed by atoms with Crippen LogP contribution in [-0.4, -0.2) is 21.9 Å². The Morgan fingerprint density at radius 1 is 1.36 bits per heavy atom. The molecule has 0 unspecified atom stereocenters. The lowest BCUT2D eigenvalue weighted by molar-refractivity contribution is -0.115. The second kappa shape index (κ2) is 3.69. The van der Waals surface area contributed by atoms with Gasteiger partial charge >= 0.3 is 0 Å². The Morgan fingerprint density at radius 2 is 2.07 bits per heavy atom. The van der Waals surface area contributed by atoms with Gasteiger partial charge < -0.3 is 0 Å². The molecule has 1 saturated heterocycles. The van der Waals surface area contributed by atoms with Gasteiger partial charge in [-0.25, -0.2) is 9.88 Å². The molecule has 2 rings (SSSR count). The van der Waals surface area contributed by atoms with Gasteiger partial charge in [-0.3, -0.25) is 9.59 Å². The van der Waals surface area contributed by atoms with Crippen molar-refractivity contribution in [2.45, 2.75) is 0 Å². The standard InChI is InChI=1S/C6H2Cl2N2O2S2/c7-3-4(14-5(8)9-3)10-2(11)1-13-6(10)12/h1H2. The smallest absolute Gasteiger partial charge is 0.273 e. The number of carbonyl (C=O) groups is 2. The highest BCUT2D eigenvalue weighted by Gasteiger charge is 2.34. The highest BCUT2D eigenvalue weighted by Crippen LogP contribution is 2.38. The number of thiazole rings is 1. The summed E-state index contributed by atoms with van der Waals surface area (Å²) in [5, 5.41) is 0.0538. The molecule has 0 saturated carbocycles. The molecule has 74 valence electrons. The van der Waals surface area contributed by atoms with Gasteiger partial charge in [0.2, 0.25) is 5.91 Å². The minimum atomic E-state index is -0.336. The lowest BCUT2D eigenvalue weighted by atomic mass is 10.6. The van der Waals surface area contributed by atoms with Crippen molar-refractivity contribution in [3.63, 3.8) is 0 Å². The van der Waals surface area contributed by atoms with Gasteiger partial charge in [0.25, 0.3) is 5.24 Å². The zero-order chi connectivity index (χ0) is 10.3. The second-order valence-corrected chi connectivity index (χ2v) is 5.19. The Hall–Kier alpha value is -0.300. The molecule has 4 nitrogen and oxygen atoms in total. The summed E-state index contributed by atoms with van der Waals surface area (Å²) >= 11 is 13.3. The molecule has 2 amide bonds. The van der Waals surface area contributed by atoms with Crippen molar-refractivity contribution in [2.24, 2.45) is 0 Å². The quantitative estimate of drug-likeness (QED) is 0.786. The van der Waals surface area contributed by atoms with Crippen molar-refractivity contribution in [3.8, 4) is 0 Å². The molecule has 1 aromatic rings. The van der Waals surface area contributed by atoms with E-state index in [1.54, 1.807) is 0 Å². The van der Waals surface area contributed by atoms with E-state index in [0.29, 0.717) is 5.00 Å². The number of imide groups is 1. The Balaban J connectivity index is 2.43. The van der Waals surface area contributed by atoms with Gasteiger partial charge in [-0.15, -0.1) is 0 Å². The van der Waals surface area contributed by atoms with Gasteiger partial charge in [0, 0.05) is 0 Å². The van der Waals surface area contributed by atoms with E-state index < -0.39 is 0 Å². The van der Waals surface area contributed by atoms with Gasteiger partial charge in [-0.05, 0) is 0 Å². The highest BCUT2D eigenvalue weighted by atomic mass is 35.5. The number of halogens is 2. The molecule has 0 atom stereocenters. The van der Waals surface area contributed by atoms with Crippen LogP contribution in [0.3, 0.4) is 0 Å². The maximum Gasteiger partial charge on any atom is 0.294 e. The van der Waals surface area contributed by atoms with Crippen LogP contribution in [0, 0.1) is 0 Å². The average Bonchev–Trinajstić information content (AvgIpc) is 2.57. The van der Waals surface area contributed by atoms with Crippen molar-refractivity contribution in [1.82, 2.24) is 4.98 Å². The van der Waals surface area contributed by atoms with Crippen LogP contribution in [-0.2, 0) is 4.79 Å². The maximum absolute atomic E-state index is 11.3. The molecule has 0 N–H and O–H groups in total. The number of nitrogens with zero attached hydrogens (tertiary/aromatic N) is 2. The van der Waals surface area contributed by atoms with Crippen LogP contribution in [0.5, 0.6) is 0 Å². The minimum Gasteiger partial charge on any atom is -0.273 e. The van der Waals surface area contributed by atoms with Crippen LogP contribution in [0.1, 0.15) is 0 Å². The van der Waals surface area contributed by atoms with E-state index in [-0.39, 0.29) is 26.5 Å². The Bertz CT molecular complexity index is 404. The van der Waals surface area contributed by atoms with Gasteiger partial charge in [-0.2, -0.15) is 0 Å². The summed E-state index contributed by atoms with van der Waals surface area (Å²) in [7, 11) is 0. The molecule has 1 fully saturated rings. The van der Waals surface area contributed by atoms with Crippen LogP contribution in [0.4, 0.5) is 9.80 Å². The topological polar surface area (TPSA) is 50.3 Å². The van der Waals surface area contributed by atoms with Crippen molar-refractivity contribution in [1.29, 1.82) is 0 Å². The molecule has 0 spiro atoms. The highest BCUT2D eigenvalue weighted by molar-refractivity contribution is 8.15. The van der Waals surface area contributed by atoms with Gasteiger partial charge in [0.05, 0.1) is 5.75 Å². The van der Waals surface area contributed by atoms with Crippen LogP contribution in [0.2, 0.25) is 9.62 Å². The van der Waals surface area contributed by atoms with E-state index in [1.165, 1.54) is 0 Å². The average molecular weight is 269 g/mol. The van der Waals surface area contributed by atoms with Crippen LogP contribution in [0.25, 0.3) is 0 Å². The molecule has 1 aliphatic rings. The zero-order valence-electron chi connectivity index (χ0n) is 6.49. The summed E-state index contributed by atoms with van der Waals surface area (Å²) in [5.41, 5.74) is 0. The lowest BCUT2D eigenvalue weighted by Crippen LogP contribution is -2.27. The largest absolute Gasteiger partial charge is 0.294 e. The molecule has 1 aliphatic heterocycles. The fourth-order valence-electron chi connectivity index (χ4n) is 0.958. The molecular weight excluding hydrogens is 267 g/mol.